The monoisotopic (exact) mass is 333 g/mol. The van der Waals surface area contributed by atoms with Gasteiger partial charge in [-0.2, -0.15) is 4.31 Å². The molecule has 0 spiro atoms. The first-order valence-corrected chi connectivity index (χ1v) is 8.80. The van der Waals surface area contributed by atoms with Gasteiger partial charge in [-0.25, -0.2) is 8.42 Å². The predicted molar refractivity (Wildman–Crippen MR) is 87.2 cm³/mol. The van der Waals surface area contributed by atoms with Crippen molar-refractivity contribution in [1.29, 1.82) is 0 Å². The van der Waals surface area contributed by atoms with Crippen LogP contribution in [0.4, 0.5) is 0 Å². The quantitative estimate of drug-likeness (QED) is 0.844. The Balaban J connectivity index is 1.93. The smallest absolute Gasteiger partial charge is 0.243 e. The van der Waals surface area contributed by atoms with Crippen molar-refractivity contribution in [1.82, 2.24) is 4.31 Å². The summed E-state index contributed by atoms with van der Waals surface area (Å²) in [6, 6.07) is 14.3. The van der Waals surface area contributed by atoms with Gasteiger partial charge in [-0.3, -0.25) is 0 Å². The van der Waals surface area contributed by atoms with Crippen molar-refractivity contribution >= 4 is 10.0 Å². The number of benzene rings is 2. The zero-order valence-electron chi connectivity index (χ0n) is 13.1. The van der Waals surface area contributed by atoms with Gasteiger partial charge < -0.3 is 9.47 Å². The molecule has 0 N–H and O–H groups in total. The van der Waals surface area contributed by atoms with E-state index in [-0.39, 0.29) is 10.9 Å². The number of nitrogens with zero attached hydrogens (tertiary/aromatic N) is 1. The summed E-state index contributed by atoms with van der Waals surface area (Å²) in [5.41, 5.74) is 1.02. The minimum Gasteiger partial charge on any atom is -0.493 e. The SMILES string of the molecule is COc1ccc(S(=O)(=O)N2CC[C@H]2c2ccccc2)cc1OC. The summed E-state index contributed by atoms with van der Waals surface area (Å²) in [7, 11) is -0.548. The van der Waals surface area contributed by atoms with Gasteiger partial charge in [-0.15, -0.1) is 0 Å². The molecule has 6 heteroatoms. The van der Waals surface area contributed by atoms with Crippen LogP contribution < -0.4 is 9.47 Å². The fourth-order valence-electron chi connectivity index (χ4n) is 2.77. The molecule has 2 aromatic rings. The van der Waals surface area contributed by atoms with Crippen molar-refractivity contribution in [3.8, 4) is 11.5 Å². The van der Waals surface area contributed by atoms with Crippen molar-refractivity contribution in [2.45, 2.75) is 17.4 Å². The van der Waals surface area contributed by atoms with E-state index in [0.717, 1.165) is 12.0 Å². The molecule has 0 amide bonds. The number of rotatable bonds is 5. The maximum absolute atomic E-state index is 12.9. The normalized spacial score (nSPS) is 18.3. The molecule has 1 aliphatic heterocycles. The van der Waals surface area contributed by atoms with Crippen LogP contribution in [0.15, 0.2) is 53.4 Å². The van der Waals surface area contributed by atoms with Crippen molar-refractivity contribution in [3.05, 3.63) is 54.1 Å². The predicted octanol–water partition coefficient (Wildman–Crippen LogP) is 2.84. The van der Waals surface area contributed by atoms with Crippen molar-refractivity contribution in [3.63, 3.8) is 0 Å². The van der Waals surface area contributed by atoms with Gasteiger partial charge in [0.2, 0.25) is 10.0 Å². The Hall–Kier alpha value is -2.05. The van der Waals surface area contributed by atoms with Crippen molar-refractivity contribution < 1.29 is 17.9 Å². The molecule has 0 radical (unpaired) electrons. The molecule has 0 bridgehead atoms. The molecule has 1 aliphatic rings. The Kier molecular flexibility index (Phi) is 4.28. The van der Waals surface area contributed by atoms with Gasteiger partial charge in [0.05, 0.1) is 25.2 Å². The lowest BCUT2D eigenvalue weighted by Crippen LogP contribution is -2.44. The molecule has 0 aromatic heterocycles. The van der Waals surface area contributed by atoms with Gasteiger partial charge in [0, 0.05) is 12.6 Å². The third-order valence-corrected chi connectivity index (χ3v) is 6.02. The third-order valence-electron chi connectivity index (χ3n) is 4.12. The first-order chi connectivity index (χ1) is 11.1. The highest BCUT2D eigenvalue weighted by Gasteiger charge is 2.39. The molecule has 1 fully saturated rings. The highest BCUT2D eigenvalue weighted by Crippen LogP contribution is 2.39. The summed E-state index contributed by atoms with van der Waals surface area (Å²) in [4.78, 5) is 0.218. The third kappa shape index (κ3) is 2.80. The van der Waals surface area contributed by atoms with E-state index in [1.54, 1.807) is 12.1 Å². The molecule has 23 heavy (non-hydrogen) atoms. The van der Waals surface area contributed by atoms with Gasteiger partial charge in [0.1, 0.15) is 0 Å². The van der Waals surface area contributed by atoms with Crippen LogP contribution in [0.25, 0.3) is 0 Å². The summed E-state index contributed by atoms with van der Waals surface area (Å²) in [6.07, 6.45) is 0.830. The second-order valence-electron chi connectivity index (χ2n) is 5.35. The average molecular weight is 333 g/mol. The van der Waals surface area contributed by atoms with E-state index < -0.39 is 10.0 Å². The molecule has 1 atom stereocenters. The van der Waals surface area contributed by atoms with Crippen LogP contribution in [-0.4, -0.2) is 33.5 Å². The van der Waals surface area contributed by atoms with Crippen LogP contribution in [0.1, 0.15) is 18.0 Å². The highest BCUT2D eigenvalue weighted by molar-refractivity contribution is 7.89. The number of ether oxygens (including phenoxy) is 2. The van der Waals surface area contributed by atoms with E-state index in [0.29, 0.717) is 18.0 Å². The van der Waals surface area contributed by atoms with Crippen molar-refractivity contribution in [2.75, 3.05) is 20.8 Å². The summed E-state index contributed by atoms with van der Waals surface area (Å²) >= 11 is 0. The van der Waals surface area contributed by atoms with Gasteiger partial charge in [0.15, 0.2) is 11.5 Å². The van der Waals surface area contributed by atoms with E-state index >= 15 is 0 Å². The molecule has 0 saturated carbocycles. The molecule has 2 aromatic carbocycles. The van der Waals surface area contributed by atoms with E-state index in [4.69, 9.17) is 9.47 Å². The summed E-state index contributed by atoms with van der Waals surface area (Å²) in [5, 5.41) is 0. The zero-order valence-corrected chi connectivity index (χ0v) is 13.9. The number of hydrogen-bond acceptors (Lipinski definition) is 4. The molecular weight excluding hydrogens is 314 g/mol. The summed E-state index contributed by atoms with van der Waals surface area (Å²) < 4.78 is 37.7. The lowest BCUT2D eigenvalue weighted by atomic mass is 9.98. The van der Waals surface area contributed by atoms with Crippen LogP contribution in [0.3, 0.4) is 0 Å². The standard InChI is InChI=1S/C17H19NO4S/c1-21-16-9-8-14(12-17(16)22-2)23(19,20)18-11-10-15(18)13-6-4-3-5-7-13/h3-9,12,15H,10-11H2,1-2H3/t15-/m0/s1. The Bertz CT molecular complexity index is 789. The minimum absolute atomic E-state index is 0.103. The van der Waals surface area contributed by atoms with E-state index in [2.05, 4.69) is 0 Å². The molecular formula is C17H19NO4S. The molecule has 122 valence electrons. The molecule has 5 nitrogen and oxygen atoms in total. The fourth-order valence-corrected chi connectivity index (χ4v) is 4.45. The van der Waals surface area contributed by atoms with E-state index in [1.807, 2.05) is 30.3 Å². The number of methoxy groups -OCH3 is 2. The van der Waals surface area contributed by atoms with Crippen LogP contribution in [0.5, 0.6) is 11.5 Å². The average Bonchev–Trinajstić information content (AvgIpc) is 2.53. The largest absolute Gasteiger partial charge is 0.493 e. The van der Waals surface area contributed by atoms with E-state index in [9.17, 15) is 8.42 Å². The second kappa shape index (κ2) is 6.22. The number of sulfonamides is 1. The fraction of sp³-hybridized carbons (Fsp3) is 0.294. The topological polar surface area (TPSA) is 55.8 Å². The highest BCUT2D eigenvalue weighted by atomic mass is 32.2. The maximum Gasteiger partial charge on any atom is 0.243 e. The van der Waals surface area contributed by atoms with Gasteiger partial charge in [0.25, 0.3) is 0 Å². The van der Waals surface area contributed by atoms with Gasteiger partial charge in [-0.05, 0) is 24.1 Å². The van der Waals surface area contributed by atoms with E-state index in [1.165, 1.54) is 24.6 Å². The number of hydrogen-bond donors (Lipinski definition) is 0. The minimum atomic E-state index is -3.56. The summed E-state index contributed by atoms with van der Waals surface area (Å²) in [6.45, 7) is 0.524. The van der Waals surface area contributed by atoms with Crippen LogP contribution in [-0.2, 0) is 10.0 Å². The second-order valence-corrected chi connectivity index (χ2v) is 7.24. The Morgan fingerprint density at radius 2 is 1.70 bits per heavy atom. The molecule has 1 heterocycles. The first kappa shape index (κ1) is 15.8. The Morgan fingerprint density at radius 1 is 1.00 bits per heavy atom. The lowest BCUT2D eigenvalue weighted by molar-refractivity contribution is 0.202. The molecule has 0 unspecified atom stereocenters. The summed E-state index contributed by atoms with van der Waals surface area (Å²) in [5.74, 6) is 0.917. The first-order valence-electron chi connectivity index (χ1n) is 7.36. The van der Waals surface area contributed by atoms with Gasteiger partial charge >= 0.3 is 0 Å². The van der Waals surface area contributed by atoms with Crippen molar-refractivity contribution in [2.24, 2.45) is 0 Å². The molecule has 0 aliphatic carbocycles. The maximum atomic E-state index is 12.9. The van der Waals surface area contributed by atoms with Crippen LogP contribution in [0, 0.1) is 0 Å². The van der Waals surface area contributed by atoms with Crippen LogP contribution in [0.2, 0.25) is 0 Å². The van der Waals surface area contributed by atoms with Crippen LogP contribution >= 0.6 is 0 Å². The molecule has 3 rings (SSSR count). The Labute approximate surface area is 136 Å². The van der Waals surface area contributed by atoms with Gasteiger partial charge in [-0.1, -0.05) is 30.3 Å². The molecule has 1 saturated heterocycles. The lowest BCUT2D eigenvalue weighted by Gasteiger charge is -2.40. The Morgan fingerprint density at radius 3 is 2.26 bits per heavy atom. The zero-order chi connectivity index (χ0) is 16.4.